The summed E-state index contributed by atoms with van der Waals surface area (Å²) < 4.78 is 0. The van der Waals surface area contributed by atoms with Crippen molar-refractivity contribution < 1.29 is 4.79 Å². The van der Waals surface area contributed by atoms with Crippen LogP contribution < -0.4 is 10.6 Å². The highest BCUT2D eigenvalue weighted by Crippen LogP contribution is 2.03. The molecule has 3 heteroatoms. The molecule has 96 valence electrons. The zero-order valence-corrected chi connectivity index (χ0v) is 11.5. The normalized spacial score (nSPS) is 14.9. The lowest BCUT2D eigenvalue weighted by Gasteiger charge is -2.17. The topological polar surface area (TPSA) is 41.1 Å². The van der Waals surface area contributed by atoms with E-state index in [0.717, 1.165) is 13.1 Å². The molecule has 1 amide bonds. The molecule has 0 aliphatic heterocycles. The molecule has 2 unspecified atom stereocenters. The van der Waals surface area contributed by atoms with Crippen molar-refractivity contribution in [1.82, 2.24) is 10.6 Å². The van der Waals surface area contributed by atoms with Crippen molar-refractivity contribution in [1.29, 1.82) is 0 Å². The molecule has 0 saturated heterocycles. The minimum atomic E-state index is -0.0851. The van der Waals surface area contributed by atoms with Crippen LogP contribution in [0.25, 0.3) is 0 Å². The summed E-state index contributed by atoms with van der Waals surface area (Å²) in [5.41, 5.74) is 0. The van der Waals surface area contributed by atoms with E-state index < -0.39 is 0 Å². The number of hydrogen-bond acceptors (Lipinski definition) is 2. The van der Waals surface area contributed by atoms with Gasteiger partial charge in [-0.2, -0.15) is 0 Å². The zero-order valence-electron chi connectivity index (χ0n) is 11.5. The number of carbonyl (C=O) groups is 1. The van der Waals surface area contributed by atoms with Crippen molar-refractivity contribution in [3.63, 3.8) is 0 Å². The molecule has 0 aromatic carbocycles. The minimum Gasteiger partial charge on any atom is -0.354 e. The Labute approximate surface area is 100 Å². The summed E-state index contributed by atoms with van der Waals surface area (Å²) in [5, 5.41) is 6.21. The molecule has 2 atom stereocenters. The highest BCUT2D eigenvalue weighted by Gasteiger charge is 2.12. The minimum absolute atomic E-state index is 0.0851. The number of rotatable bonds is 8. The van der Waals surface area contributed by atoms with Crippen LogP contribution in [0.1, 0.15) is 47.5 Å². The molecule has 0 aliphatic rings. The predicted octanol–water partition coefficient (Wildman–Crippen LogP) is 2.17. The monoisotopic (exact) mass is 228 g/mol. The Balaban J connectivity index is 3.70. The van der Waals surface area contributed by atoms with Crippen molar-refractivity contribution >= 4 is 5.91 Å². The second kappa shape index (κ2) is 8.57. The molecule has 0 bridgehead atoms. The average molecular weight is 228 g/mol. The first-order chi connectivity index (χ1) is 7.47. The van der Waals surface area contributed by atoms with E-state index in [2.05, 4.69) is 38.3 Å². The summed E-state index contributed by atoms with van der Waals surface area (Å²) in [6, 6.07) is -0.0851. The van der Waals surface area contributed by atoms with Gasteiger partial charge in [0.15, 0.2) is 0 Å². The quantitative estimate of drug-likeness (QED) is 0.668. The van der Waals surface area contributed by atoms with E-state index in [0.29, 0.717) is 11.8 Å². The molecule has 3 nitrogen and oxygen atoms in total. The van der Waals surface area contributed by atoms with E-state index in [1.165, 1.54) is 12.8 Å². The molecule has 0 aliphatic carbocycles. The highest BCUT2D eigenvalue weighted by molar-refractivity contribution is 5.81. The standard InChI is InChI=1S/C13H28N2O/c1-6-7-11(4)9-14-12(5)13(16)15-8-10(2)3/h10-12,14H,6-9H2,1-5H3,(H,15,16). The summed E-state index contributed by atoms with van der Waals surface area (Å²) in [4.78, 5) is 11.6. The third-order valence-electron chi connectivity index (χ3n) is 2.63. The Kier molecular flexibility index (Phi) is 8.26. The van der Waals surface area contributed by atoms with Gasteiger partial charge in [-0.15, -0.1) is 0 Å². The molecule has 0 aromatic rings. The smallest absolute Gasteiger partial charge is 0.236 e. The summed E-state index contributed by atoms with van der Waals surface area (Å²) in [7, 11) is 0. The van der Waals surface area contributed by atoms with Gasteiger partial charge >= 0.3 is 0 Å². The molecule has 0 spiro atoms. The maximum atomic E-state index is 11.6. The lowest BCUT2D eigenvalue weighted by Crippen LogP contribution is -2.44. The first kappa shape index (κ1) is 15.4. The second-order valence-electron chi connectivity index (χ2n) is 5.16. The first-order valence-corrected chi connectivity index (χ1v) is 6.48. The van der Waals surface area contributed by atoms with Crippen LogP contribution in [0.4, 0.5) is 0 Å². The van der Waals surface area contributed by atoms with E-state index in [-0.39, 0.29) is 11.9 Å². The van der Waals surface area contributed by atoms with Crippen LogP contribution in [0.3, 0.4) is 0 Å². The van der Waals surface area contributed by atoms with Gasteiger partial charge in [-0.05, 0) is 31.7 Å². The highest BCUT2D eigenvalue weighted by atomic mass is 16.2. The average Bonchev–Trinajstić information content (AvgIpc) is 2.22. The second-order valence-corrected chi connectivity index (χ2v) is 5.16. The number of nitrogens with one attached hydrogen (secondary N) is 2. The van der Waals surface area contributed by atoms with Crippen LogP contribution in [0.15, 0.2) is 0 Å². The van der Waals surface area contributed by atoms with Crippen molar-refractivity contribution in [3.8, 4) is 0 Å². The van der Waals surface area contributed by atoms with E-state index in [1.54, 1.807) is 0 Å². The van der Waals surface area contributed by atoms with E-state index >= 15 is 0 Å². The molecule has 0 rings (SSSR count). The maximum Gasteiger partial charge on any atom is 0.236 e. The Morgan fingerprint density at radius 3 is 2.25 bits per heavy atom. The van der Waals surface area contributed by atoms with Gasteiger partial charge in [0.1, 0.15) is 0 Å². The van der Waals surface area contributed by atoms with Crippen molar-refractivity contribution in [3.05, 3.63) is 0 Å². The van der Waals surface area contributed by atoms with E-state index in [4.69, 9.17) is 0 Å². The third-order valence-corrected chi connectivity index (χ3v) is 2.63. The molecule has 0 heterocycles. The predicted molar refractivity (Wildman–Crippen MR) is 69.4 cm³/mol. The Bertz CT molecular complexity index is 192. The van der Waals surface area contributed by atoms with Crippen molar-refractivity contribution in [2.24, 2.45) is 11.8 Å². The van der Waals surface area contributed by atoms with Gasteiger partial charge in [0.25, 0.3) is 0 Å². The number of carbonyl (C=O) groups excluding carboxylic acids is 1. The largest absolute Gasteiger partial charge is 0.354 e. The molecule has 2 N–H and O–H groups in total. The SMILES string of the molecule is CCCC(C)CNC(C)C(=O)NCC(C)C. The van der Waals surface area contributed by atoms with E-state index in [1.807, 2.05) is 6.92 Å². The fraction of sp³-hybridized carbons (Fsp3) is 0.923. The summed E-state index contributed by atoms with van der Waals surface area (Å²) in [6.07, 6.45) is 2.42. The molecule has 0 aromatic heterocycles. The van der Waals surface area contributed by atoms with Gasteiger partial charge in [0.2, 0.25) is 5.91 Å². The van der Waals surface area contributed by atoms with Crippen LogP contribution in [0, 0.1) is 11.8 Å². The van der Waals surface area contributed by atoms with Gasteiger partial charge in [-0.3, -0.25) is 4.79 Å². The molecule has 0 fully saturated rings. The molecular formula is C13H28N2O. The van der Waals surface area contributed by atoms with Gasteiger partial charge in [0.05, 0.1) is 6.04 Å². The van der Waals surface area contributed by atoms with Gasteiger partial charge < -0.3 is 10.6 Å². The lowest BCUT2D eigenvalue weighted by atomic mass is 10.1. The van der Waals surface area contributed by atoms with Gasteiger partial charge in [-0.1, -0.05) is 34.1 Å². The summed E-state index contributed by atoms with van der Waals surface area (Å²) >= 11 is 0. The molecular weight excluding hydrogens is 200 g/mol. The van der Waals surface area contributed by atoms with Crippen LogP contribution >= 0.6 is 0 Å². The van der Waals surface area contributed by atoms with Crippen LogP contribution in [-0.2, 0) is 4.79 Å². The van der Waals surface area contributed by atoms with Crippen molar-refractivity contribution in [2.75, 3.05) is 13.1 Å². The van der Waals surface area contributed by atoms with Crippen LogP contribution in [0.5, 0.6) is 0 Å². The Hall–Kier alpha value is -0.570. The number of hydrogen-bond donors (Lipinski definition) is 2. The first-order valence-electron chi connectivity index (χ1n) is 6.48. The third kappa shape index (κ3) is 7.69. The van der Waals surface area contributed by atoms with Crippen LogP contribution in [-0.4, -0.2) is 25.0 Å². The maximum absolute atomic E-state index is 11.6. The summed E-state index contributed by atoms with van der Waals surface area (Å²) in [5.74, 6) is 1.26. The fourth-order valence-corrected chi connectivity index (χ4v) is 1.52. The zero-order chi connectivity index (χ0) is 12.6. The fourth-order valence-electron chi connectivity index (χ4n) is 1.52. The van der Waals surface area contributed by atoms with Gasteiger partial charge in [0, 0.05) is 6.54 Å². The molecule has 16 heavy (non-hydrogen) atoms. The van der Waals surface area contributed by atoms with Gasteiger partial charge in [-0.25, -0.2) is 0 Å². The number of amides is 1. The molecule has 0 radical (unpaired) electrons. The molecule has 0 saturated carbocycles. The lowest BCUT2D eigenvalue weighted by molar-refractivity contribution is -0.122. The van der Waals surface area contributed by atoms with Crippen molar-refractivity contribution in [2.45, 2.75) is 53.5 Å². The Morgan fingerprint density at radius 2 is 1.75 bits per heavy atom. The Morgan fingerprint density at radius 1 is 1.12 bits per heavy atom. The van der Waals surface area contributed by atoms with Crippen LogP contribution in [0.2, 0.25) is 0 Å². The van der Waals surface area contributed by atoms with E-state index in [9.17, 15) is 4.79 Å². The summed E-state index contributed by atoms with van der Waals surface area (Å²) in [6.45, 7) is 12.2.